The first-order valence-electron chi connectivity index (χ1n) is 9.27. The van der Waals surface area contributed by atoms with E-state index >= 15 is 0 Å². The van der Waals surface area contributed by atoms with E-state index in [9.17, 15) is 9.59 Å². The normalized spacial score (nSPS) is 11.3. The molecule has 0 aliphatic rings. The SMILES string of the molecule is COC(=O)Nc1cc(Nc2ncc(C(N)=O)c(NC(C)c3ccccc3)n2)ccc1Cl. The number of aromatic nitrogens is 2. The van der Waals surface area contributed by atoms with Crippen LogP contribution in [0, 0.1) is 0 Å². The van der Waals surface area contributed by atoms with E-state index in [1.807, 2.05) is 37.3 Å². The number of carbonyl (C=O) groups excluding carboxylic acids is 2. The Kier molecular flexibility index (Phi) is 6.88. The van der Waals surface area contributed by atoms with Crippen molar-refractivity contribution in [3.8, 4) is 0 Å². The van der Waals surface area contributed by atoms with Crippen LogP contribution >= 0.6 is 11.6 Å². The van der Waals surface area contributed by atoms with Gasteiger partial charge in [0.05, 0.1) is 23.4 Å². The summed E-state index contributed by atoms with van der Waals surface area (Å²) in [5.74, 6) is -0.132. The lowest BCUT2D eigenvalue weighted by molar-refractivity contribution is 0.100. The Hall–Kier alpha value is -3.85. The number of nitrogens with one attached hydrogen (secondary N) is 3. The number of ether oxygens (including phenoxy) is 1. The molecule has 160 valence electrons. The summed E-state index contributed by atoms with van der Waals surface area (Å²) in [5, 5.41) is 9.07. The van der Waals surface area contributed by atoms with Gasteiger partial charge in [-0.25, -0.2) is 9.78 Å². The van der Waals surface area contributed by atoms with Gasteiger partial charge in [0.1, 0.15) is 5.82 Å². The van der Waals surface area contributed by atoms with Crippen LogP contribution in [0.15, 0.2) is 54.7 Å². The quantitative estimate of drug-likeness (QED) is 0.430. The Morgan fingerprint density at radius 2 is 1.90 bits per heavy atom. The Morgan fingerprint density at radius 1 is 1.16 bits per heavy atom. The van der Waals surface area contributed by atoms with Crippen LogP contribution in [-0.4, -0.2) is 29.1 Å². The van der Waals surface area contributed by atoms with Crippen LogP contribution in [0.1, 0.15) is 28.9 Å². The molecule has 3 rings (SSSR count). The molecule has 0 saturated carbocycles. The molecular formula is C21H21ClN6O3. The molecule has 0 radical (unpaired) electrons. The number of anilines is 4. The van der Waals surface area contributed by atoms with Gasteiger partial charge in [-0.1, -0.05) is 41.9 Å². The number of methoxy groups -OCH3 is 1. The molecule has 1 unspecified atom stereocenters. The number of amides is 2. The number of carbonyl (C=O) groups is 2. The maximum Gasteiger partial charge on any atom is 0.411 e. The van der Waals surface area contributed by atoms with E-state index in [4.69, 9.17) is 17.3 Å². The van der Waals surface area contributed by atoms with Gasteiger partial charge in [-0.15, -0.1) is 0 Å². The molecule has 0 aliphatic carbocycles. The number of hydrogen-bond donors (Lipinski definition) is 4. The van der Waals surface area contributed by atoms with E-state index in [1.54, 1.807) is 18.2 Å². The largest absolute Gasteiger partial charge is 0.453 e. The van der Waals surface area contributed by atoms with Crippen molar-refractivity contribution in [3.05, 3.63) is 70.9 Å². The summed E-state index contributed by atoms with van der Waals surface area (Å²) in [7, 11) is 1.25. The van der Waals surface area contributed by atoms with Crippen LogP contribution in [0.2, 0.25) is 5.02 Å². The van der Waals surface area contributed by atoms with Crippen LogP contribution in [0.25, 0.3) is 0 Å². The van der Waals surface area contributed by atoms with E-state index in [2.05, 4.69) is 30.7 Å². The standard InChI is InChI=1S/C21H21ClN6O3/c1-12(13-6-4-3-5-7-13)25-19-15(18(23)29)11-24-20(28-19)26-14-8-9-16(22)17(10-14)27-21(30)31-2/h3-12H,1-2H3,(H2,23,29)(H,27,30)(H2,24,25,26,28). The van der Waals surface area contributed by atoms with Crippen molar-refractivity contribution in [2.45, 2.75) is 13.0 Å². The highest BCUT2D eigenvalue weighted by Crippen LogP contribution is 2.28. The Balaban J connectivity index is 1.86. The van der Waals surface area contributed by atoms with Crippen molar-refractivity contribution in [3.63, 3.8) is 0 Å². The molecule has 31 heavy (non-hydrogen) atoms. The van der Waals surface area contributed by atoms with Crippen molar-refractivity contribution in [1.29, 1.82) is 0 Å². The van der Waals surface area contributed by atoms with E-state index in [0.717, 1.165) is 5.56 Å². The fourth-order valence-corrected chi connectivity index (χ4v) is 2.92. The van der Waals surface area contributed by atoms with Gasteiger partial charge >= 0.3 is 6.09 Å². The minimum absolute atomic E-state index is 0.131. The van der Waals surface area contributed by atoms with Crippen molar-refractivity contribution in [2.24, 2.45) is 5.73 Å². The Bertz CT molecular complexity index is 1090. The highest BCUT2D eigenvalue weighted by atomic mass is 35.5. The number of rotatable bonds is 7. The molecule has 1 heterocycles. The van der Waals surface area contributed by atoms with Gasteiger partial charge in [0.2, 0.25) is 5.95 Å². The summed E-state index contributed by atoms with van der Waals surface area (Å²) in [4.78, 5) is 31.9. The fourth-order valence-electron chi connectivity index (χ4n) is 2.75. The van der Waals surface area contributed by atoms with Gasteiger partial charge in [0, 0.05) is 17.9 Å². The van der Waals surface area contributed by atoms with Crippen molar-refractivity contribution in [2.75, 3.05) is 23.1 Å². The molecule has 0 bridgehead atoms. The third-order valence-corrected chi connectivity index (χ3v) is 4.68. The van der Waals surface area contributed by atoms with Gasteiger partial charge in [0.25, 0.3) is 5.91 Å². The van der Waals surface area contributed by atoms with Crippen LogP contribution in [0.5, 0.6) is 0 Å². The second-order valence-electron chi connectivity index (χ2n) is 6.53. The number of halogens is 1. The summed E-state index contributed by atoms with van der Waals surface area (Å²) in [6, 6.07) is 14.5. The maximum absolute atomic E-state index is 11.8. The topological polar surface area (TPSA) is 131 Å². The maximum atomic E-state index is 11.8. The molecule has 0 fully saturated rings. The first kappa shape index (κ1) is 21.8. The zero-order valence-electron chi connectivity index (χ0n) is 16.8. The molecule has 10 heteroatoms. The zero-order valence-corrected chi connectivity index (χ0v) is 17.6. The zero-order chi connectivity index (χ0) is 22.4. The highest BCUT2D eigenvalue weighted by molar-refractivity contribution is 6.33. The summed E-state index contributed by atoms with van der Waals surface area (Å²) >= 11 is 6.11. The number of primary amides is 1. The monoisotopic (exact) mass is 440 g/mol. The van der Waals surface area contributed by atoms with Gasteiger partial charge in [-0.2, -0.15) is 4.98 Å². The molecule has 1 aromatic heterocycles. The molecule has 0 aliphatic heterocycles. The fraction of sp³-hybridized carbons (Fsp3) is 0.143. The predicted molar refractivity (Wildman–Crippen MR) is 120 cm³/mol. The lowest BCUT2D eigenvalue weighted by atomic mass is 10.1. The summed E-state index contributed by atoms with van der Waals surface area (Å²) < 4.78 is 4.59. The first-order valence-corrected chi connectivity index (χ1v) is 9.65. The average Bonchev–Trinajstić information content (AvgIpc) is 2.76. The molecule has 5 N–H and O–H groups in total. The van der Waals surface area contributed by atoms with Crippen molar-refractivity contribution in [1.82, 2.24) is 9.97 Å². The number of nitrogens with zero attached hydrogens (tertiary/aromatic N) is 2. The van der Waals surface area contributed by atoms with E-state index in [-0.39, 0.29) is 17.6 Å². The Labute approximate surface area is 184 Å². The summed E-state index contributed by atoms with van der Waals surface area (Å²) in [6.45, 7) is 1.94. The third kappa shape index (κ3) is 5.61. The molecule has 9 nitrogen and oxygen atoms in total. The van der Waals surface area contributed by atoms with Crippen LogP contribution in [-0.2, 0) is 4.74 Å². The molecule has 1 atom stereocenters. The van der Waals surface area contributed by atoms with Crippen molar-refractivity contribution < 1.29 is 14.3 Å². The second kappa shape index (κ2) is 9.77. The van der Waals surface area contributed by atoms with Gasteiger partial charge in [-0.3, -0.25) is 10.1 Å². The molecule has 0 saturated heterocycles. The molecular weight excluding hydrogens is 420 g/mol. The van der Waals surface area contributed by atoms with Gasteiger partial charge < -0.3 is 21.1 Å². The molecule has 2 aromatic carbocycles. The molecule has 2 amide bonds. The van der Waals surface area contributed by atoms with E-state index in [0.29, 0.717) is 22.2 Å². The Morgan fingerprint density at radius 3 is 2.58 bits per heavy atom. The number of nitrogens with two attached hydrogens (primary N) is 1. The summed E-state index contributed by atoms with van der Waals surface area (Å²) in [6.07, 6.45) is 0.698. The lowest BCUT2D eigenvalue weighted by Crippen LogP contribution is -2.18. The molecule has 3 aromatic rings. The number of hydrogen-bond acceptors (Lipinski definition) is 7. The third-order valence-electron chi connectivity index (χ3n) is 4.35. The smallest absolute Gasteiger partial charge is 0.411 e. The van der Waals surface area contributed by atoms with Crippen LogP contribution < -0.4 is 21.7 Å². The first-order chi connectivity index (χ1) is 14.9. The van der Waals surface area contributed by atoms with Crippen molar-refractivity contribution >= 4 is 46.7 Å². The van der Waals surface area contributed by atoms with E-state index in [1.165, 1.54) is 13.3 Å². The van der Waals surface area contributed by atoms with E-state index < -0.39 is 12.0 Å². The highest BCUT2D eigenvalue weighted by Gasteiger charge is 2.16. The van der Waals surface area contributed by atoms with Crippen LogP contribution in [0.3, 0.4) is 0 Å². The average molecular weight is 441 g/mol. The second-order valence-corrected chi connectivity index (χ2v) is 6.94. The molecule has 0 spiro atoms. The summed E-state index contributed by atoms with van der Waals surface area (Å²) in [5.41, 5.74) is 7.57. The lowest BCUT2D eigenvalue weighted by Gasteiger charge is -2.17. The van der Waals surface area contributed by atoms with Crippen LogP contribution in [0.4, 0.5) is 27.9 Å². The predicted octanol–water partition coefficient (Wildman–Crippen LogP) is 4.32. The minimum atomic E-state index is -0.650. The minimum Gasteiger partial charge on any atom is -0.453 e. The number of benzene rings is 2. The van der Waals surface area contributed by atoms with Gasteiger partial charge in [-0.05, 0) is 30.7 Å². The van der Waals surface area contributed by atoms with Gasteiger partial charge in [0.15, 0.2) is 0 Å².